The third kappa shape index (κ3) is 5.53. The Balaban J connectivity index is 2.68. The van der Waals surface area contributed by atoms with Crippen molar-refractivity contribution in [3.63, 3.8) is 0 Å². The molecular formula is C12H13BrF3NO. The highest BCUT2D eigenvalue weighted by molar-refractivity contribution is 9.09. The predicted molar refractivity (Wildman–Crippen MR) is 66.3 cm³/mol. The molecule has 1 aromatic carbocycles. The molecule has 2 nitrogen and oxygen atoms in total. The topological polar surface area (TPSA) is 20.3 Å². The van der Waals surface area contributed by atoms with Crippen LogP contribution in [0.3, 0.4) is 0 Å². The van der Waals surface area contributed by atoms with Gasteiger partial charge in [0.1, 0.15) is 6.42 Å². The minimum absolute atomic E-state index is 0.196. The first kappa shape index (κ1) is 15.0. The maximum Gasteiger partial charge on any atom is 0.397 e. The first-order valence-electron chi connectivity index (χ1n) is 5.37. The number of carbonyl (C=O) groups is 1. The Morgan fingerprint density at radius 2 is 1.83 bits per heavy atom. The molecule has 0 aromatic heterocycles. The van der Waals surface area contributed by atoms with Gasteiger partial charge < -0.3 is 4.90 Å². The molecule has 1 amide bonds. The highest BCUT2D eigenvalue weighted by Crippen LogP contribution is 2.21. The van der Waals surface area contributed by atoms with Crippen LogP contribution in [0.25, 0.3) is 0 Å². The van der Waals surface area contributed by atoms with Gasteiger partial charge in [-0.1, -0.05) is 46.3 Å². The molecule has 0 aliphatic rings. The number of halogens is 4. The standard InChI is InChI=1S/C12H13BrF3NO/c13-6-7-17(11(18)8-12(14,15)16)9-10-4-2-1-3-5-10/h1-5H,6-9H2. The molecule has 0 saturated heterocycles. The summed E-state index contributed by atoms with van der Waals surface area (Å²) in [6.07, 6.45) is -5.87. The van der Waals surface area contributed by atoms with Crippen LogP contribution in [0.15, 0.2) is 30.3 Å². The van der Waals surface area contributed by atoms with E-state index in [2.05, 4.69) is 15.9 Å². The second-order valence-electron chi connectivity index (χ2n) is 3.78. The predicted octanol–water partition coefficient (Wildman–Crippen LogP) is 3.36. The van der Waals surface area contributed by atoms with Gasteiger partial charge in [0, 0.05) is 18.4 Å². The molecule has 0 aliphatic heterocycles. The molecule has 0 spiro atoms. The number of hydrogen-bond donors (Lipinski definition) is 0. The van der Waals surface area contributed by atoms with Gasteiger partial charge in [0.2, 0.25) is 5.91 Å². The SMILES string of the molecule is O=C(CC(F)(F)F)N(CCBr)Cc1ccccc1. The van der Waals surface area contributed by atoms with E-state index >= 15 is 0 Å². The van der Waals surface area contributed by atoms with Crippen LogP contribution < -0.4 is 0 Å². The highest BCUT2D eigenvalue weighted by atomic mass is 79.9. The fourth-order valence-corrected chi connectivity index (χ4v) is 1.91. The quantitative estimate of drug-likeness (QED) is 0.761. The van der Waals surface area contributed by atoms with Gasteiger partial charge in [-0.25, -0.2) is 0 Å². The molecule has 6 heteroatoms. The molecule has 0 unspecified atom stereocenters. The van der Waals surface area contributed by atoms with Gasteiger partial charge in [-0.2, -0.15) is 13.2 Å². The van der Waals surface area contributed by atoms with Crippen LogP contribution in [0, 0.1) is 0 Å². The van der Waals surface area contributed by atoms with Gasteiger partial charge in [0.25, 0.3) is 0 Å². The molecule has 1 aromatic rings. The Morgan fingerprint density at radius 3 is 2.33 bits per heavy atom. The molecule has 0 bridgehead atoms. The molecule has 0 N–H and O–H groups in total. The average molecular weight is 324 g/mol. The molecule has 100 valence electrons. The van der Waals surface area contributed by atoms with Crippen LogP contribution in [0.5, 0.6) is 0 Å². The highest BCUT2D eigenvalue weighted by Gasteiger charge is 2.33. The number of amides is 1. The van der Waals surface area contributed by atoms with Crippen molar-refractivity contribution >= 4 is 21.8 Å². The molecule has 1 rings (SSSR count). The monoisotopic (exact) mass is 323 g/mol. The number of hydrogen-bond acceptors (Lipinski definition) is 1. The van der Waals surface area contributed by atoms with Crippen molar-refractivity contribution in [2.24, 2.45) is 0 Å². The Morgan fingerprint density at radius 1 is 1.22 bits per heavy atom. The lowest BCUT2D eigenvalue weighted by Gasteiger charge is -2.22. The van der Waals surface area contributed by atoms with Crippen LogP contribution in [-0.2, 0) is 11.3 Å². The summed E-state index contributed by atoms with van der Waals surface area (Å²) in [4.78, 5) is 12.7. The molecule has 0 fully saturated rings. The van der Waals surface area contributed by atoms with Crippen molar-refractivity contribution in [1.82, 2.24) is 4.90 Å². The zero-order valence-electron chi connectivity index (χ0n) is 9.58. The average Bonchev–Trinajstić information content (AvgIpc) is 2.27. The molecule has 0 saturated carbocycles. The van der Waals surface area contributed by atoms with E-state index in [1.807, 2.05) is 6.07 Å². The number of rotatable bonds is 5. The third-order valence-electron chi connectivity index (χ3n) is 2.28. The molecule has 0 radical (unpaired) electrons. The minimum Gasteiger partial charge on any atom is -0.337 e. The van der Waals surface area contributed by atoms with E-state index in [-0.39, 0.29) is 13.1 Å². The maximum absolute atomic E-state index is 12.2. The smallest absolute Gasteiger partial charge is 0.337 e. The van der Waals surface area contributed by atoms with Crippen molar-refractivity contribution in [1.29, 1.82) is 0 Å². The molecule has 0 heterocycles. The van der Waals surface area contributed by atoms with Gasteiger partial charge in [0.15, 0.2) is 0 Å². The van der Waals surface area contributed by atoms with E-state index in [4.69, 9.17) is 0 Å². The lowest BCUT2D eigenvalue weighted by molar-refractivity contribution is -0.161. The Hall–Kier alpha value is -1.04. The fraction of sp³-hybridized carbons (Fsp3) is 0.417. The summed E-state index contributed by atoms with van der Waals surface area (Å²) < 4.78 is 36.6. The zero-order valence-corrected chi connectivity index (χ0v) is 11.2. The molecular weight excluding hydrogens is 311 g/mol. The summed E-state index contributed by atoms with van der Waals surface area (Å²) in [5, 5.41) is 0.448. The lowest BCUT2D eigenvalue weighted by atomic mass is 10.2. The van der Waals surface area contributed by atoms with Crippen molar-refractivity contribution in [3.8, 4) is 0 Å². The fourth-order valence-electron chi connectivity index (χ4n) is 1.48. The van der Waals surface area contributed by atoms with Crippen LogP contribution in [0.4, 0.5) is 13.2 Å². The molecule has 0 aliphatic carbocycles. The number of nitrogens with zero attached hydrogens (tertiary/aromatic N) is 1. The van der Waals surface area contributed by atoms with Crippen molar-refractivity contribution in [2.45, 2.75) is 19.1 Å². The summed E-state index contributed by atoms with van der Waals surface area (Å²) in [5.41, 5.74) is 0.814. The summed E-state index contributed by atoms with van der Waals surface area (Å²) in [7, 11) is 0. The van der Waals surface area contributed by atoms with E-state index in [0.29, 0.717) is 5.33 Å². The number of benzene rings is 1. The maximum atomic E-state index is 12.2. The van der Waals surface area contributed by atoms with E-state index in [1.54, 1.807) is 24.3 Å². The number of carbonyl (C=O) groups excluding carboxylic acids is 1. The van der Waals surface area contributed by atoms with Crippen molar-refractivity contribution in [3.05, 3.63) is 35.9 Å². The first-order valence-corrected chi connectivity index (χ1v) is 6.49. The molecule has 0 atom stereocenters. The van der Waals surface area contributed by atoms with E-state index in [1.165, 1.54) is 4.90 Å². The van der Waals surface area contributed by atoms with Crippen LogP contribution in [0.2, 0.25) is 0 Å². The Bertz CT molecular complexity index is 381. The van der Waals surface area contributed by atoms with Crippen LogP contribution in [0.1, 0.15) is 12.0 Å². The zero-order chi connectivity index (χ0) is 13.6. The van der Waals surface area contributed by atoms with Gasteiger partial charge in [-0.05, 0) is 5.56 Å². The summed E-state index contributed by atoms with van der Waals surface area (Å²) in [5.74, 6) is -0.897. The van der Waals surface area contributed by atoms with Gasteiger partial charge >= 0.3 is 6.18 Å². The minimum atomic E-state index is -4.46. The van der Waals surface area contributed by atoms with E-state index in [0.717, 1.165) is 5.56 Å². The van der Waals surface area contributed by atoms with Gasteiger partial charge in [-0.3, -0.25) is 4.79 Å². The third-order valence-corrected chi connectivity index (χ3v) is 2.63. The largest absolute Gasteiger partial charge is 0.397 e. The normalized spacial score (nSPS) is 11.3. The van der Waals surface area contributed by atoms with Crippen molar-refractivity contribution in [2.75, 3.05) is 11.9 Å². The van der Waals surface area contributed by atoms with Crippen molar-refractivity contribution < 1.29 is 18.0 Å². The van der Waals surface area contributed by atoms with E-state index < -0.39 is 18.5 Å². The van der Waals surface area contributed by atoms with Gasteiger partial charge in [0.05, 0.1) is 0 Å². The van der Waals surface area contributed by atoms with Gasteiger partial charge in [-0.15, -0.1) is 0 Å². The lowest BCUT2D eigenvalue weighted by Crippen LogP contribution is -2.35. The summed E-state index contributed by atoms with van der Waals surface area (Å²) in [6, 6.07) is 8.95. The van der Waals surface area contributed by atoms with Crippen LogP contribution in [-0.4, -0.2) is 28.9 Å². The second-order valence-corrected chi connectivity index (χ2v) is 4.57. The van der Waals surface area contributed by atoms with E-state index in [9.17, 15) is 18.0 Å². The Labute approximate surface area is 112 Å². The number of alkyl halides is 4. The Kier molecular flexibility index (Phi) is 5.65. The summed E-state index contributed by atoms with van der Waals surface area (Å²) in [6.45, 7) is 0.450. The second kappa shape index (κ2) is 6.78. The van der Waals surface area contributed by atoms with Crippen LogP contribution >= 0.6 is 15.9 Å². The summed E-state index contributed by atoms with van der Waals surface area (Å²) >= 11 is 3.14. The molecule has 18 heavy (non-hydrogen) atoms. The first-order chi connectivity index (χ1) is 8.42.